The highest BCUT2D eigenvalue weighted by atomic mass is 16.2. The van der Waals surface area contributed by atoms with E-state index in [2.05, 4.69) is 0 Å². The SMILES string of the molecule is [NH]C(=O)CC(=O)c1ccccc1. The van der Waals surface area contributed by atoms with Gasteiger partial charge in [0.15, 0.2) is 5.78 Å². The van der Waals surface area contributed by atoms with E-state index in [9.17, 15) is 9.59 Å². The van der Waals surface area contributed by atoms with Crippen LogP contribution in [0.15, 0.2) is 30.3 Å². The van der Waals surface area contributed by atoms with Crippen molar-refractivity contribution in [3.05, 3.63) is 35.9 Å². The largest absolute Gasteiger partial charge is 0.294 e. The van der Waals surface area contributed by atoms with Crippen LogP contribution in [0.1, 0.15) is 16.8 Å². The maximum atomic E-state index is 11.1. The van der Waals surface area contributed by atoms with Gasteiger partial charge in [0.2, 0.25) is 5.91 Å². The van der Waals surface area contributed by atoms with Gasteiger partial charge in [-0.25, -0.2) is 0 Å². The molecule has 0 aromatic heterocycles. The van der Waals surface area contributed by atoms with Gasteiger partial charge >= 0.3 is 0 Å². The molecule has 0 aliphatic rings. The van der Waals surface area contributed by atoms with Gasteiger partial charge < -0.3 is 0 Å². The average molecular weight is 162 g/mol. The summed E-state index contributed by atoms with van der Waals surface area (Å²) in [6.45, 7) is 0. The van der Waals surface area contributed by atoms with E-state index in [0.29, 0.717) is 5.56 Å². The van der Waals surface area contributed by atoms with Gasteiger partial charge in [-0.2, -0.15) is 0 Å². The Labute approximate surface area is 70.2 Å². The second kappa shape index (κ2) is 3.67. The molecule has 0 spiro atoms. The smallest absolute Gasteiger partial charge is 0.246 e. The normalized spacial score (nSPS) is 9.33. The second-order valence-corrected chi connectivity index (χ2v) is 2.39. The number of rotatable bonds is 3. The first-order valence-corrected chi connectivity index (χ1v) is 3.53. The van der Waals surface area contributed by atoms with Crippen molar-refractivity contribution in [1.29, 1.82) is 0 Å². The molecule has 0 saturated heterocycles. The Balaban J connectivity index is 2.73. The topological polar surface area (TPSA) is 57.9 Å². The zero-order chi connectivity index (χ0) is 8.97. The molecule has 0 bridgehead atoms. The standard InChI is InChI=1S/C9H8NO2/c10-9(12)6-8(11)7-4-2-1-3-5-7/h1-5,10H,6H2. The van der Waals surface area contributed by atoms with Crippen LogP contribution in [0.2, 0.25) is 0 Å². The van der Waals surface area contributed by atoms with E-state index in [0.717, 1.165) is 0 Å². The van der Waals surface area contributed by atoms with E-state index < -0.39 is 5.91 Å². The zero-order valence-corrected chi connectivity index (χ0v) is 6.41. The lowest BCUT2D eigenvalue weighted by molar-refractivity contribution is -0.117. The van der Waals surface area contributed by atoms with Gasteiger partial charge in [-0.15, -0.1) is 0 Å². The van der Waals surface area contributed by atoms with Gasteiger partial charge in [-0.1, -0.05) is 30.3 Å². The van der Waals surface area contributed by atoms with Crippen molar-refractivity contribution in [3.8, 4) is 0 Å². The van der Waals surface area contributed by atoms with Crippen LogP contribution in [0, 0.1) is 0 Å². The minimum atomic E-state index is -0.844. The predicted octanol–water partition coefficient (Wildman–Crippen LogP) is 1.07. The van der Waals surface area contributed by atoms with Gasteiger partial charge in [-0.05, 0) is 0 Å². The summed E-state index contributed by atoms with van der Waals surface area (Å²) in [6.07, 6.45) is -0.329. The summed E-state index contributed by atoms with van der Waals surface area (Å²) in [5.41, 5.74) is 7.08. The second-order valence-electron chi connectivity index (χ2n) is 2.39. The fourth-order valence-electron chi connectivity index (χ4n) is 0.872. The molecule has 0 atom stereocenters. The van der Waals surface area contributed by atoms with Crippen molar-refractivity contribution in [2.45, 2.75) is 6.42 Å². The molecule has 1 aromatic rings. The molecule has 12 heavy (non-hydrogen) atoms. The van der Waals surface area contributed by atoms with E-state index >= 15 is 0 Å². The Bertz CT molecular complexity index is 293. The number of carbonyl (C=O) groups is 2. The van der Waals surface area contributed by atoms with Crippen LogP contribution in [-0.2, 0) is 4.79 Å². The molecule has 0 fully saturated rings. The van der Waals surface area contributed by atoms with Gasteiger partial charge in [0.05, 0.1) is 6.42 Å². The Morgan fingerprint density at radius 3 is 2.25 bits per heavy atom. The van der Waals surface area contributed by atoms with Gasteiger partial charge in [0, 0.05) is 5.56 Å². The molecule has 0 unspecified atom stereocenters. The van der Waals surface area contributed by atoms with E-state index in [-0.39, 0.29) is 12.2 Å². The van der Waals surface area contributed by atoms with Gasteiger partial charge in [0.25, 0.3) is 0 Å². The van der Waals surface area contributed by atoms with Crippen LogP contribution in [0.25, 0.3) is 0 Å². The number of benzene rings is 1. The minimum absolute atomic E-state index is 0.296. The maximum absolute atomic E-state index is 11.1. The van der Waals surface area contributed by atoms with Gasteiger partial charge in [-0.3, -0.25) is 15.3 Å². The molecule has 1 amide bonds. The van der Waals surface area contributed by atoms with E-state index in [1.807, 2.05) is 0 Å². The Morgan fingerprint density at radius 2 is 1.75 bits per heavy atom. The van der Waals surface area contributed by atoms with E-state index in [1.165, 1.54) is 0 Å². The molecule has 1 rings (SSSR count). The monoisotopic (exact) mass is 162 g/mol. The van der Waals surface area contributed by atoms with Gasteiger partial charge in [0.1, 0.15) is 0 Å². The molecular weight excluding hydrogens is 154 g/mol. The molecule has 0 aliphatic carbocycles. The van der Waals surface area contributed by atoms with Crippen LogP contribution in [0.3, 0.4) is 0 Å². The number of hydrogen-bond donors (Lipinski definition) is 0. The number of carbonyl (C=O) groups excluding carboxylic acids is 2. The third-order valence-electron chi connectivity index (χ3n) is 1.42. The summed E-state index contributed by atoms with van der Waals surface area (Å²) in [4.78, 5) is 21.4. The summed E-state index contributed by atoms with van der Waals surface area (Å²) < 4.78 is 0. The average Bonchev–Trinajstić information content (AvgIpc) is 2.05. The molecule has 61 valence electrons. The van der Waals surface area contributed by atoms with Crippen molar-refractivity contribution >= 4 is 11.7 Å². The molecule has 0 heterocycles. The van der Waals surface area contributed by atoms with E-state index in [4.69, 9.17) is 5.73 Å². The summed E-state index contributed by atoms with van der Waals surface area (Å²) in [6, 6.07) is 8.50. The number of hydrogen-bond acceptors (Lipinski definition) is 2. The molecule has 1 radical (unpaired) electrons. The third-order valence-corrected chi connectivity index (χ3v) is 1.42. The highest BCUT2D eigenvalue weighted by Crippen LogP contribution is 2.01. The molecule has 1 aromatic carbocycles. The van der Waals surface area contributed by atoms with Crippen molar-refractivity contribution in [2.75, 3.05) is 0 Å². The number of nitrogens with one attached hydrogen (secondary N) is 1. The summed E-state index contributed by atoms with van der Waals surface area (Å²) in [5.74, 6) is -1.14. The van der Waals surface area contributed by atoms with Crippen molar-refractivity contribution in [1.82, 2.24) is 5.73 Å². The molecule has 0 aliphatic heterocycles. The number of amides is 1. The molecule has 0 saturated carbocycles. The first-order chi connectivity index (χ1) is 5.70. The Morgan fingerprint density at radius 1 is 1.17 bits per heavy atom. The van der Waals surface area contributed by atoms with Crippen LogP contribution >= 0.6 is 0 Å². The summed E-state index contributed by atoms with van der Waals surface area (Å²) in [7, 11) is 0. The minimum Gasteiger partial charge on any atom is -0.294 e. The lowest BCUT2D eigenvalue weighted by Crippen LogP contribution is -2.07. The maximum Gasteiger partial charge on any atom is 0.246 e. The summed E-state index contributed by atoms with van der Waals surface area (Å²) in [5, 5.41) is 0. The van der Waals surface area contributed by atoms with Crippen molar-refractivity contribution < 1.29 is 9.59 Å². The lowest BCUT2D eigenvalue weighted by Gasteiger charge is -1.95. The fraction of sp³-hybridized carbons (Fsp3) is 0.111. The van der Waals surface area contributed by atoms with Crippen LogP contribution in [-0.4, -0.2) is 11.7 Å². The van der Waals surface area contributed by atoms with Crippen molar-refractivity contribution in [2.24, 2.45) is 0 Å². The molecule has 3 heteroatoms. The zero-order valence-electron chi connectivity index (χ0n) is 6.41. The highest BCUT2D eigenvalue weighted by molar-refractivity contribution is 6.06. The number of ketones is 1. The van der Waals surface area contributed by atoms with E-state index in [1.54, 1.807) is 30.3 Å². The quantitative estimate of drug-likeness (QED) is 0.493. The highest BCUT2D eigenvalue weighted by Gasteiger charge is 2.07. The molecule has 1 N–H and O–H groups in total. The first kappa shape index (κ1) is 8.46. The molecular formula is C9H8NO2. The Kier molecular flexibility index (Phi) is 2.58. The fourth-order valence-corrected chi connectivity index (χ4v) is 0.872. The van der Waals surface area contributed by atoms with Crippen LogP contribution in [0.5, 0.6) is 0 Å². The summed E-state index contributed by atoms with van der Waals surface area (Å²) >= 11 is 0. The predicted molar refractivity (Wildman–Crippen MR) is 43.5 cm³/mol. The number of Topliss-reactive ketones (excluding diaryl/α,β-unsaturated/α-hetero) is 1. The van der Waals surface area contributed by atoms with Crippen LogP contribution in [0.4, 0.5) is 0 Å². The lowest BCUT2D eigenvalue weighted by atomic mass is 10.1. The molecule has 3 nitrogen and oxygen atoms in total. The van der Waals surface area contributed by atoms with Crippen molar-refractivity contribution in [3.63, 3.8) is 0 Å². The Hall–Kier alpha value is -1.64. The van der Waals surface area contributed by atoms with Crippen LogP contribution < -0.4 is 5.73 Å². The first-order valence-electron chi connectivity index (χ1n) is 3.53. The third kappa shape index (κ3) is 2.20.